The molecule has 2 N–H and O–H groups in total. The Morgan fingerprint density at radius 1 is 1.33 bits per heavy atom. The number of halogens is 2. The number of rotatable bonds is 0. The fraction of sp³-hybridized carbons (Fsp3) is 0.429. The third-order valence-corrected chi connectivity index (χ3v) is 3.45. The number of hydrogen-bond acceptors (Lipinski definition) is 1. The van der Waals surface area contributed by atoms with E-state index in [0.29, 0.717) is 12.1 Å². The van der Waals surface area contributed by atoms with Crippen LogP contribution in [0.1, 0.15) is 18.4 Å². The van der Waals surface area contributed by atoms with Gasteiger partial charge >= 0.3 is 35.3 Å². The molecule has 0 radical (unpaired) electrons. The van der Waals surface area contributed by atoms with Crippen molar-refractivity contribution in [3.63, 3.8) is 0 Å². The summed E-state index contributed by atoms with van der Waals surface area (Å²) >= 11 is -0.472. The molecular formula is C14H18Cl2N4Pt. The van der Waals surface area contributed by atoms with Gasteiger partial charge in [0.2, 0.25) is 0 Å². The molecule has 1 aromatic heterocycles. The van der Waals surface area contributed by atoms with Gasteiger partial charge in [-0.2, -0.15) is 0 Å². The van der Waals surface area contributed by atoms with Crippen LogP contribution in [-0.4, -0.2) is 24.2 Å². The second-order valence-corrected chi connectivity index (χ2v) is 8.04. The van der Waals surface area contributed by atoms with E-state index in [4.69, 9.17) is 18.8 Å². The number of aromatic nitrogens is 1. The van der Waals surface area contributed by atoms with Crippen LogP contribution in [0.25, 0.3) is 16.7 Å². The van der Waals surface area contributed by atoms with Gasteiger partial charge in [-0.05, 0) is 30.6 Å². The van der Waals surface area contributed by atoms with Crippen molar-refractivity contribution in [3.8, 4) is 0 Å². The van der Waals surface area contributed by atoms with Crippen molar-refractivity contribution in [2.75, 3.05) is 13.1 Å². The molecule has 21 heavy (non-hydrogen) atoms. The van der Waals surface area contributed by atoms with Crippen LogP contribution in [0.5, 0.6) is 0 Å². The summed E-state index contributed by atoms with van der Waals surface area (Å²) in [7, 11) is 9.75. The normalized spacial score (nSPS) is 24.5. The van der Waals surface area contributed by atoms with Crippen molar-refractivity contribution in [2.24, 2.45) is 5.92 Å². The molecule has 0 amide bonds. The fourth-order valence-electron chi connectivity index (χ4n) is 2.47. The summed E-state index contributed by atoms with van der Waals surface area (Å²) in [4.78, 5) is 3.04. The van der Waals surface area contributed by atoms with Crippen LogP contribution in [0.4, 0.5) is 5.82 Å². The second-order valence-electron chi connectivity index (χ2n) is 4.75. The molecule has 0 saturated carbocycles. The molecule has 4 rings (SSSR count). The van der Waals surface area contributed by atoms with E-state index in [0.717, 1.165) is 18.9 Å². The van der Waals surface area contributed by atoms with Crippen molar-refractivity contribution >= 4 is 30.7 Å². The standard InChI is InChI=1S/C7H11N2.C7H7N2.2ClH.Pt/c2*1-2-6-3-5-9-7(6)8-4-1;;;/h3,5-7,9H,1-2,4H2;1-3,5,9H,4H2;2*1H;/q2*-1;;;+4/p-2. The third-order valence-electron chi connectivity index (χ3n) is 3.45. The van der Waals surface area contributed by atoms with Crippen LogP contribution in [0, 0.1) is 5.92 Å². The van der Waals surface area contributed by atoms with Gasteiger partial charge in [-0.25, -0.2) is 0 Å². The first-order valence-electron chi connectivity index (χ1n) is 6.78. The zero-order valence-electron chi connectivity index (χ0n) is 11.4. The van der Waals surface area contributed by atoms with Gasteiger partial charge in [-0.1, -0.05) is 48.9 Å². The van der Waals surface area contributed by atoms with Crippen LogP contribution in [0.15, 0.2) is 30.6 Å². The molecule has 4 heterocycles. The molecule has 1 saturated heterocycles. The summed E-state index contributed by atoms with van der Waals surface area (Å²) in [6.45, 7) is 1.86. The molecule has 0 aromatic carbocycles. The van der Waals surface area contributed by atoms with E-state index in [1.807, 2.05) is 18.5 Å². The summed E-state index contributed by atoms with van der Waals surface area (Å²) in [6.07, 6.45) is 13.3. The van der Waals surface area contributed by atoms with Gasteiger partial charge in [0.25, 0.3) is 0 Å². The van der Waals surface area contributed by atoms with Crippen molar-refractivity contribution in [1.29, 1.82) is 0 Å². The molecule has 2 atom stereocenters. The zero-order valence-corrected chi connectivity index (χ0v) is 15.2. The summed E-state index contributed by atoms with van der Waals surface area (Å²) < 4.78 is 0. The van der Waals surface area contributed by atoms with Gasteiger partial charge in [0, 0.05) is 0 Å². The molecule has 7 heteroatoms. The van der Waals surface area contributed by atoms with Crippen molar-refractivity contribution in [1.82, 2.24) is 10.3 Å². The number of piperidine rings is 1. The molecule has 0 spiro atoms. The number of aromatic amines is 1. The van der Waals surface area contributed by atoms with E-state index in [1.165, 1.54) is 18.4 Å². The van der Waals surface area contributed by atoms with Crippen molar-refractivity contribution in [2.45, 2.75) is 19.0 Å². The number of nitrogens with zero attached hydrogens (tertiary/aromatic N) is 2. The van der Waals surface area contributed by atoms with Gasteiger partial charge in [0.15, 0.2) is 0 Å². The second kappa shape index (κ2) is 9.57. The van der Waals surface area contributed by atoms with Gasteiger partial charge in [0.05, 0.1) is 0 Å². The Kier molecular flexibility index (Phi) is 7.73. The predicted octanol–water partition coefficient (Wildman–Crippen LogP) is 4.64. The van der Waals surface area contributed by atoms with Gasteiger partial charge in [-0.3, -0.25) is 0 Å². The average molecular weight is 508 g/mol. The SMILES string of the molecule is C1=CC2CCC[N-]C2N1.C1=Cc2cc[nH]c2[N-]C1.[Cl][Pt+2][Cl]. The van der Waals surface area contributed by atoms with E-state index in [-0.39, 0.29) is 0 Å². The van der Waals surface area contributed by atoms with Gasteiger partial charge in [0.1, 0.15) is 0 Å². The predicted molar refractivity (Wildman–Crippen MR) is 86.4 cm³/mol. The molecule has 1 aromatic rings. The molecule has 1 fully saturated rings. The number of fused-ring (bicyclic) bond motifs is 2. The Hall–Kier alpha value is -0.412. The van der Waals surface area contributed by atoms with E-state index < -0.39 is 16.5 Å². The molecule has 3 aliphatic heterocycles. The van der Waals surface area contributed by atoms with Crippen molar-refractivity contribution < 1.29 is 16.5 Å². The van der Waals surface area contributed by atoms with E-state index >= 15 is 0 Å². The first-order chi connectivity index (χ1) is 10.3. The van der Waals surface area contributed by atoms with E-state index in [2.05, 4.69) is 39.2 Å². The number of hydrogen-bond donors (Lipinski definition) is 2. The Morgan fingerprint density at radius 2 is 2.19 bits per heavy atom. The fourth-order valence-corrected chi connectivity index (χ4v) is 2.47. The van der Waals surface area contributed by atoms with Crippen molar-refractivity contribution in [3.05, 3.63) is 46.8 Å². The molecule has 3 aliphatic rings. The Balaban J connectivity index is 0.000000130. The Morgan fingerprint density at radius 3 is 2.95 bits per heavy atom. The molecular weight excluding hydrogens is 490 g/mol. The monoisotopic (exact) mass is 507 g/mol. The van der Waals surface area contributed by atoms with Crippen LogP contribution in [0.2, 0.25) is 0 Å². The van der Waals surface area contributed by atoms with Crippen LogP contribution in [0.3, 0.4) is 0 Å². The first kappa shape index (κ1) is 17.0. The van der Waals surface area contributed by atoms with Crippen LogP contribution < -0.4 is 5.32 Å². The van der Waals surface area contributed by atoms with Gasteiger partial charge < -0.3 is 20.9 Å². The minimum absolute atomic E-state index is 0.429. The molecule has 118 valence electrons. The molecule has 2 unspecified atom stereocenters. The maximum atomic E-state index is 4.88. The summed E-state index contributed by atoms with van der Waals surface area (Å²) in [6, 6.07) is 2.02. The Labute approximate surface area is 142 Å². The zero-order chi connectivity index (χ0) is 14.9. The first-order valence-corrected chi connectivity index (χ1v) is 12.4. The van der Waals surface area contributed by atoms with Gasteiger partial charge in [-0.15, -0.1) is 6.54 Å². The quantitative estimate of drug-likeness (QED) is 0.528. The van der Waals surface area contributed by atoms with Crippen LogP contribution >= 0.6 is 18.8 Å². The molecule has 0 bridgehead atoms. The van der Waals surface area contributed by atoms with E-state index in [9.17, 15) is 0 Å². The Bertz CT molecular complexity index is 475. The summed E-state index contributed by atoms with van der Waals surface area (Å²) in [5, 5.41) is 11.8. The molecule has 4 nitrogen and oxygen atoms in total. The maximum absolute atomic E-state index is 4.88. The third kappa shape index (κ3) is 5.37. The summed E-state index contributed by atoms with van der Waals surface area (Å²) in [5.41, 5.74) is 1.20. The number of H-pyrrole nitrogens is 1. The van der Waals surface area contributed by atoms with E-state index in [1.54, 1.807) is 0 Å². The molecule has 0 aliphatic carbocycles. The minimum atomic E-state index is -0.472. The number of nitrogens with one attached hydrogen (secondary N) is 2. The summed E-state index contributed by atoms with van der Waals surface area (Å²) in [5.74, 6) is 1.72. The van der Waals surface area contributed by atoms with Crippen LogP contribution in [-0.2, 0) is 16.5 Å². The topological polar surface area (TPSA) is 56.0 Å². The average Bonchev–Trinajstić information content (AvgIpc) is 3.17.